The Morgan fingerprint density at radius 2 is 2.13 bits per heavy atom. The summed E-state index contributed by atoms with van der Waals surface area (Å²) in [6.45, 7) is 2.14. The van der Waals surface area contributed by atoms with Crippen LogP contribution in [0.3, 0.4) is 0 Å². The molecule has 1 rings (SSSR count). The molecular formula is C12H17ClFN. The summed E-state index contributed by atoms with van der Waals surface area (Å²) in [4.78, 5) is 0. The van der Waals surface area contributed by atoms with E-state index in [1.807, 2.05) is 0 Å². The van der Waals surface area contributed by atoms with Gasteiger partial charge in [0.15, 0.2) is 0 Å². The molecule has 0 aliphatic carbocycles. The molecule has 0 radical (unpaired) electrons. The number of rotatable bonds is 5. The van der Waals surface area contributed by atoms with Crippen LogP contribution in [0.2, 0.25) is 5.02 Å². The lowest BCUT2D eigenvalue weighted by Gasteiger charge is -2.13. The van der Waals surface area contributed by atoms with E-state index in [0.717, 1.165) is 25.7 Å². The minimum Gasteiger partial charge on any atom is -0.324 e. The molecule has 0 aliphatic heterocycles. The number of unbranched alkanes of at least 4 members (excludes halogenated alkanes) is 2. The van der Waals surface area contributed by atoms with Crippen molar-refractivity contribution >= 4 is 11.6 Å². The Morgan fingerprint density at radius 1 is 1.40 bits per heavy atom. The lowest BCUT2D eigenvalue weighted by atomic mass is 10.0. The third-order valence-corrected chi connectivity index (χ3v) is 2.90. The van der Waals surface area contributed by atoms with E-state index in [1.54, 1.807) is 12.1 Å². The zero-order chi connectivity index (χ0) is 11.3. The van der Waals surface area contributed by atoms with Gasteiger partial charge in [0.05, 0.1) is 5.02 Å². The molecule has 0 bridgehead atoms. The Morgan fingerprint density at radius 3 is 2.80 bits per heavy atom. The van der Waals surface area contributed by atoms with Gasteiger partial charge in [-0.1, -0.05) is 49.9 Å². The van der Waals surface area contributed by atoms with Crippen molar-refractivity contribution in [3.8, 4) is 0 Å². The maximum Gasteiger partial charge on any atom is 0.142 e. The highest BCUT2D eigenvalue weighted by Crippen LogP contribution is 2.27. The molecule has 15 heavy (non-hydrogen) atoms. The summed E-state index contributed by atoms with van der Waals surface area (Å²) in [6, 6.07) is 4.64. The van der Waals surface area contributed by atoms with Crippen LogP contribution in [0.15, 0.2) is 18.2 Å². The molecular weight excluding hydrogens is 213 g/mol. The molecule has 0 amide bonds. The second-order valence-corrected chi connectivity index (χ2v) is 4.12. The smallest absolute Gasteiger partial charge is 0.142 e. The molecule has 1 aromatic rings. The molecule has 84 valence electrons. The largest absolute Gasteiger partial charge is 0.324 e. The van der Waals surface area contributed by atoms with E-state index >= 15 is 0 Å². The van der Waals surface area contributed by atoms with Crippen molar-refractivity contribution in [2.24, 2.45) is 5.73 Å². The summed E-state index contributed by atoms with van der Waals surface area (Å²) in [7, 11) is 0. The van der Waals surface area contributed by atoms with E-state index in [0.29, 0.717) is 5.56 Å². The summed E-state index contributed by atoms with van der Waals surface area (Å²) >= 11 is 5.85. The van der Waals surface area contributed by atoms with Gasteiger partial charge in [0.25, 0.3) is 0 Å². The molecule has 0 unspecified atom stereocenters. The van der Waals surface area contributed by atoms with Gasteiger partial charge in [-0.05, 0) is 18.1 Å². The van der Waals surface area contributed by atoms with Crippen LogP contribution >= 0.6 is 11.6 Å². The monoisotopic (exact) mass is 229 g/mol. The van der Waals surface area contributed by atoms with Crippen molar-refractivity contribution in [2.45, 2.75) is 38.6 Å². The molecule has 1 aromatic carbocycles. The number of hydrogen-bond donors (Lipinski definition) is 1. The van der Waals surface area contributed by atoms with Gasteiger partial charge in [-0.3, -0.25) is 0 Å². The quantitative estimate of drug-likeness (QED) is 0.758. The second kappa shape index (κ2) is 6.09. The Bertz CT molecular complexity index is 314. The number of benzene rings is 1. The predicted octanol–water partition coefficient (Wildman–Crippen LogP) is 4.06. The van der Waals surface area contributed by atoms with Crippen molar-refractivity contribution < 1.29 is 4.39 Å². The summed E-state index contributed by atoms with van der Waals surface area (Å²) < 4.78 is 13.1. The summed E-state index contributed by atoms with van der Waals surface area (Å²) in [6.07, 6.45) is 4.23. The summed E-state index contributed by atoms with van der Waals surface area (Å²) in [5.74, 6) is -0.389. The lowest BCUT2D eigenvalue weighted by molar-refractivity contribution is 0.573. The van der Waals surface area contributed by atoms with Crippen molar-refractivity contribution in [2.75, 3.05) is 0 Å². The molecule has 0 spiro atoms. The van der Waals surface area contributed by atoms with Crippen molar-refractivity contribution in [1.29, 1.82) is 0 Å². The Balaban J connectivity index is 2.65. The van der Waals surface area contributed by atoms with Gasteiger partial charge in [-0.15, -0.1) is 0 Å². The van der Waals surface area contributed by atoms with Crippen LogP contribution in [0, 0.1) is 5.82 Å². The van der Waals surface area contributed by atoms with Crippen LogP contribution < -0.4 is 5.73 Å². The number of nitrogens with two attached hydrogens (primary N) is 1. The first-order valence-electron chi connectivity index (χ1n) is 5.36. The second-order valence-electron chi connectivity index (χ2n) is 3.75. The van der Waals surface area contributed by atoms with Crippen LogP contribution in [-0.4, -0.2) is 0 Å². The van der Waals surface area contributed by atoms with E-state index in [-0.39, 0.29) is 16.9 Å². The fraction of sp³-hybridized carbons (Fsp3) is 0.500. The highest BCUT2D eigenvalue weighted by atomic mass is 35.5. The van der Waals surface area contributed by atoms with E-state index in [4.69, 9.17) is 17.3 Å². The third-order valence-electron chi connectivity index (χ3n) is 2.50. The molecule has 0 fully saturated rings. The van der Waals surface area contributed by atoms with Crippen LogP contribution in [0.1, 0.15) is 44.2 Å². The zero-order valence-corrected chi connectivity index (χ0v) is 9.73. The van der Waals surface area contributed by atoms with Gasteiger partial charge in [-0.25, -0.2) is 4.39 Å². The lowest BCUT2D eigenvalue weighted by Crippen LogP contribution is -2.11. The fourth-order valence-corrected chi connectivity index (χ4v) is 1.84. The standard InChI is InChI=1S/C12H17ClFN/c1-2-3-4-8-11(15)9-6-5-7-10(14)12(9)13/h5-7,11H,2-4,8,15H2,1H3/t11-/m0/s1. The Kier molecular flexibility index (Phi) is 5.06. The maximum absolute atomic E-state index is 13.1. The van der Waals surface area contributed by atoms with Gasteiger partial charge in [0, 0.05) is 6.04 Å². The van der Waals surface area contributed by atoms with Gasteiger partial charge >= 0.3 is 0 Å². The zero-order valence-electron chi connectivity index (χ0n) is 8.97. The van der Waals surface area contributed by atoms with Crippen molar-refractivity contribution in [1.82, 2.24) is 0 Å². The van der Waals surface area contributed by atoms with Gasteiger partial charge in [-0.2, -0.15) is 0 Å². The fourth-order valence-electron chi connectivity index (χ4n) is 1.58. The molecule has 2 N–H and O–H groups in total. The summed E-state index contributed by atoms with van der Waals surface area (Å²) in [5.41, 5.74) is 6.67. The molecule has 0 saturated heterocycles. The SMILES string of the molecule is CCCCC[C@H](N)c1cccc(F)c1Cl. The molecule has 0 saturated carbocycles. The van der Waals surface area contributed by atoms with E-state index in [1.165, 1.54) is 6.07 Å². The first kappa shape index (κ1) is 12.5. The van der Waals surface area contributed by atoms with Crippen LogP contribution in [-0.2, 0) is 0 Å². The third kappa shape index (κ3) is 3.47. The molecule has 0 aliphatic rings. The Hall–Kier alpha value is -0.600. The predicted molar refractivity (Wildman–Crippen MR) is 62.5 cm³/mol. The van der Waals surface area contributed by atoms with Gasteiger partial charge in [0.1, 0.15) is 5.82 Å². The van der Waals surface area contributed by atoms with Crippen molar-refractivity contribution in [3.05, 3.63) is 34.6 Å². The highest BCUT2D eigenvalue weighted by molar-refractivity contribution is 6.31. The molecule has 1 atom stereocenters. The molecule has 1 nitrogen and oxygen atoms in total. The first-order valence-corrected chi connectivity index (χ1v) is 5.74. The molecule has 3 heteroatoms. The van der Waals surface area contributed by atoms with E-state index < -0.39 is 0 Å². The maximum atomic E-state index is 13.1. The number of hydrogen-bond acceptors (Lipinski definition) is 1. The Labute approximate surface area is 95.4 Å². The molecule has 0 heterocycles. The topological polar surface area (TPSA) is 26.0 Å². The van der Waals surface area contributed by atoms with E-state index in [9.17, 15) is 4.39 Å². The molecule has 0 aromatic heterocycles. The highest BCUT2D eigenvalue weighted by Gasteiger charge is 2.12. The average molecular weight is 230 g/mol. The van der Waals surface area contributed by atoms with Gasteiger partial charge in [0.2, 0.25) is 0 Å². The average Bonchev–Trinajstić information content (AvgIpc) is 2.22. The normalized spacial score (nSPS) is 12.8. The minimum atomic E-state index is -0.389. The van der Waals surface area contributed by atoms with E-state index in [2.05, 4.69) is 6.92 Å². The van der Waals surface area contributed by atoms with Crippen molar-refractivity contribution in [3.63, 3.8) is 0 Å². The number of halogens is 2. The van der Waals surface area contributed by atoms with Crippen LogP contribution in [0.5, 0.6) is 0 Å². The first-order chi connectivity index (χ1) is 7.16. The van der Waals surface area contributed by atoms with Gasteiger partial charge < -0.3 is 5.73 Å². The minimum absolute atomic E-state index is 0.153. The van der Waals surface area contributed by atoms with Crippen LogP contribution in [0.4, 0.5) is 4.39 Å². The summed E-state index contributed by atoms with van der Waals surface area (Å²) in [5, 5.41) is 0.168. The van der Waals surface area contributed by atoms with Crippen LogP contribution in [0.25, 0.3) is 0 Å².